The second-order valence-corrected chi connectivity index (χ2v) is 6.31. The van der Waals surface area contributed by atoms with Gasteiger partial charge in [0, 0.05) is 19.5 Å². The van der Waals surface area contributed by atoms with Crippen molar-refractivity contribution in [1.29, 1.82) is 0 Å². The molecule has 0 aliphatic carbocycles. The molecule has 2 rings (SSSR count). The lowest BCUT2D eigenvalue weighted by atomic mass is 9.91. The minimum atomic E-state index is -0.0157. The van der Waals surface area contributed by atoms with Gasteiger partial charge in [-0.1, -0.05) is 20.8 Å². The number of fused-ring (bicyclic) bond motifs is 1. The van der Waals surface area contributed by atoms with Crippen LogP contribution in [0.4, 0.5) is 0 Å². The van der Waals surface area contributed by atoms with Gasteiger partial charge < -0.3 is 9.47 Å². The summed E-state index contributed by atoms with van der Waals surface area (Å²) >= 11 is 0. The fourth-order valence-electron chi connectivity index (χ4n) is 2.45. The number of aromatic nitrogens is 2. The normalized spacial score (nSPS) is 15.3. The van der Waals surface area contributed by atoms with Gasteiger partial charge in [0.15, 0.2) is 6.29 Å². The largest absolute Gasteiger partial charge is 0.335 e. The summed E-state index contributed by atoms with van der Waals surface area (Å²) < 4.78 is 2.03. The van der Waals surface area contributed by atoms with E-state index in [9.17, 15) is 9.59 Å². The molecule has 0 unspecified atom stereocenters. The third-order valence-corrected chi connectivity index (χ3v) is 3.37. The molecule has 1 aliphatic heterocycles. The summed E-state index contributed by atoms with van der Waals surface area (Å²) in [5, 5.41) is 0. The first kappa shape index (κ1) is 13.8. The minimum Gasteiger partial charge on any atom is -0.335 e. The van der Waals surface area contributed by atoms with Crippen LogP contribution < -0.4 is 0 Å². The zero-order chi connectivity index (χ0) is 14.2. The van der Waals surface area contributed by atoms with Crippen molar-refractivity contribution < 1.29 is 9.59 Å². The number of rotatable bonds is 2. The maximum atomic E-state index is 12.2. The van der Waals surface area contributed by atoms with Crippen molar-refractivity contribution in [3.8, 4) is 0 Å². The fraction of sp³-hybridized carbons (Fsp3) is 0.643. The van der Waals surface area contributed by atoms with Crippen molar-refractivity contribution in [1.82, 2.24) is 14.5 Å². The molecule has 5 nitrogen and oxygen atoms in total. The predicted octanol–water partition coefficient (Wildman–Crippen LogP) is 1.78. The lowest BCUT2D eigenvalue weighted by Crippen LogP contribution is -2.40. The Hall–Kier alpha value is -1.65. The van der Waals surface area contributed by atoms with Crippen LogP contribution in [0, 0.1) is 12.3 Å². The van der Waals surface area contributed by atoms with Crippen LogP contribution in [0.25, 0.3) is 0 Å². The average molecular weight is 263 g/mol. The van der Waals surface area contributed by atoms with E-state index < -0.39 is 0 Å². The van der Waals surface area contributed by atoms with Crippen molar-refractivity contribution in [3.05, 3.63) is 17.2 Å². The molecule has 1 aliphatic rings. The maximum Gasteiger partial charge on any atom is 0.223 e. The van der Waals surface area contributed by atoms with E-state index >= 15 is 0 Å². The Balaban J connectivity index is 2.18. The van der Waals surface area contributed by atoms with Gasteiger partial charge in [-0.05, 0) is 12.3 Å². The fourth-order valence-corrected chi connectivity index (χ4v) is 2.45. The van der Waals surface area contributed by atoms with Crippen LogP contribution in [0.15, 0.2) is 0 Å². The molecule has 0 spiro atoms. The van der Waals surface area contributed by atoms with E-state index in [-0.39, 0.29) is 11.3 Å². The van der Waals surface area contributed by atoms with Crippen molar-refractivity contribution in [3.63, 3.8) is 0 Å². The monoisotopic (exact) mass is 263 g/mol. The number of hydrogen-bond acceptors (Lipinski definition) is 3. The molecule has 0 fully saturated rings. The molecule has 1 amide bonds. The highest BCUT2D eigenvalue weighted by atomic mass is 16.2. The summed E-state index contributed by atoms with van der Waals surface area (Å²) in [6.07, 6.45) is 1.30. The summed E-state index contributed by atoms with van der Waals surface area (Å²) in [5.74, 6) is 0.995. The van der Waals surface area contributed by atoms with Crippen LogP contribution in [-0.2, 0) is 17.9 Å². The Bertz CT molecular complexity index is 511. The molecule has 19 heavy (non-hydrogen) atoms. The Morgan fingerprint density at radius 3 is 2.63 bits per heavy atom. The molecule has 0 saturated carbocycles. The van der Waals surface area contributed by atoms with Gasteiger partial charge in [0.2, 0.25) is 5.91 Å². The first-order valence-corrected chi connectivity index (χ1v) is 6.61. The van der Waals surface area contributed by atoms with Crippen molar-refractivity contribution in [2.75, 3.05) is 6.54 Å². The lowest BCUT2D eigenvalue weighted by Gasteiger charge is -2.31. The number of amides is 1. The van der Waals surface area contributed by atoms with E-state index in [0.29, 0.717) is 25.2 Å². The molecule has 0 N–H and O–H groups in total. The van der Waals surface area contributed by atoms with E-state index in [4.69, 9.17) is 0 Å². The van der Waals surface area contributed by atoms with Gasteiger partial charge in [-0.15, -0.1) is 0 Å². The molecule has 0 atom stereocenters. The highest BCUT2D eigenvalue weighted by Gasteiger charge is 2.27. The number of carbonyl (C=O) groups excluding carboxylic acids is 2. The van der Waals surface area contributed by atoms with Gasteiger partial charge in [-0.2, -0.15) is 0 Å². The van der Waals surface area contributed by atoms with Crippen LogP contribution in [0.3, 0.4) is 0 Å². The summed E-state index contributed by atoms with van der Waals surface area (Å²) in [4.78, 5) is 29.3. The summed E-state index contributed by atoms with van der Waals surface area (Å²) in [6.45, 7) is 9.96. The van der Waals surface area contributed by atoms with Gasteiger partial charge in [0.1, 0.15) is 11.5 Å². The second-order valence-electron chi connectivity index (χ2n) is 6.31. The molecule has 0 saturated heterocycles. The minimum absolute atomic E-state index is 0.0157. The van der Waals surface area contributed by atoms with E-state index in [0.717, 1.165) is 24.3 Å². The van der Waals surface area contributed by atoms with E-state index in [2.05, 4.69) is 25.8 Å². The number of aryl methyl sites for hydroxylation is 1. The average Bonchev–Trinajstić information content (AvgIpc) is 2.63. The van der Waals surface area contributed by atoms with Crippen molar-refractivity contribution in [2.24, 2.45) is 5.41 Å². The Morgan fingerprint density at radius 2 is 2.05 bits per heavy atom. The lowest BCUT2D eigenvalue weighted by molar-refractivity contribution is -0.134. The molecule has 104 valence electrons. The van der Waals surface area contributed by atoms with Gasteiger partial charge in [0.05, 0.1) is 12.2 Å². The first-order chi connectivity index (χ1) is 8.81. The van der Waals surface area contributed by atoms with Crippen molar-refractivity contribution >= 4 is 12.2 Å². The smallest absolute Gasteiger partial charge is 0.223 e. The summed E-state index contributed by atoms with van der Waals surface area (Å²) in [7, 11) is 0. The molecule has 0 radical (unpaired) electrons. The molecule has 2 heterocycles. The SMILES string of the molecule is Cc1nc(C=O)c2n1CCN(C(=O)CC(C)(C)C)C2. The second kappa shape index (κ2) is 4.79. The molecule has 1 aromatic rings. The van der Waals surface area contributed by atoms with Crippen molar-refractivity contribution in [2.45, 2.75) is 47.2 Å². The third kappa shape index (κ3) is 2.85. The molecule has 0 aromatic carbocycles. The van der Waals surface area contributed by atoms with Gasteiger partial charge in [-0.25, -0.2) is 4.98 Å². The Kier molecular flexibility index (Phi) is 3.47. The molecule has 1 aromatic heterocycles. The van der Waals surface area contributed by atoms with E-state index in [1.54, 1.807) is 0 Å². The summed E-state index contributed by atoms with van der Waals surface area (Å²) in [5.41, 5.74) is 1.31. The molecular formula is C14H21N3O2. The van der Waals surface area contributed by atoms with Crippen LogP contribution in [0.2, 0.25) is 0 Å². The van der Waals surface area contributed by atoms with Crippen LogP contribution in [0.1, 0.15) is 49.2 Å². The summed E-state index contributed by atoms with van der Waals surface area (Å²) in [6, 6.07) is 0. The number of carbonyl (C=O) groups is 2. The zero-order valence-electron chi connectivity index (χ0n) is 12.1. The number of nitrogens with zero attached hydrogens (tertiary/aromatic N) is 3. The van der Waals surface area contributed by atoms with Crippen LogP contribution in [0.5, 0.6) is 0 Å². The zero-order valence-corrected chi connectivity index (χ0v) is 12.1. The molecule has 0 bridgehead atoms. The Labute approximate surface area is 113 Å². The standard InChI is InChI=1S/C14H21N3O2/c1-10-15-11(9-18)12-8-16(5-6-17(10)12)13(19)7-14(2,3)4/h9H,5-8H2,1-4H3. The topological polar surface area (TPSA) is 55.2 Å². The van der Waals surface area contributed by atoms with Crippen LogP contribution >= 0.6 is 0 Å². The number of hydrogen-bond donors (Lipinski definition) is 0. The third-order valence-electron chi connectivity index (χ3n) is 3.37. The van der Waals surface area contributed by atoms with Gasteiger partial charge in [-0.3, -0.25) is 9.59 Å². The Morgan fingerprint density at radius 1 is 1.37 bits per heavy atom. The highest BCUT2D eigenvalue weighted by molar-refractivity contribution is 5.78. The molecule has 5 heteroatoms. The maximum absolute atomic E-state index is 12.2. The number of aldehydes is 1. The van der Waals surface area contributed by atoms with Gasteiger partial charge in [0.25, 0.3) is 0 Å². The van der Waals surface area contributed by atoms with E-state index in [1.807, 2.05) is 16.4 Å². The van der Waals surface area contributed by atoms with Gasteiger partial charge >= 0.3 is 0 Å². The van der Waals surface area contributed by atoms with Crippen LogP contribution in [-0.4, -0.2) is 33.2 Å². The quantitative estimate of drug-likeness (QED) is 0.764. The number of imidazole rings is 1. The molecular weight excluding hydrogens is 242 g/mol. The first-order valence-electron chi connectivity index (χ1n) is 6.61. The predicted molar refractivity (Wildman–Crippen MR) is 71.8 cm³/mol. The van der Waals surface area contributed by atoms with E-state index in [1.165, 1.54) is 0 Å². The highest BCUT2D eigenvalue weighted by Crippen LogP contribution is 2.23.